The van der Waals surface area contributed by atoms with Crippen LogP contribution >= 0.6 is 0 Å². The largest absolute Gasteiger partial charge is 0.481 e. The lowest BCUT2D eigenvalue weighted by Crippen LogP contribution is -1.93. The average Bonchev–Trinajstić information content (AvgIpc) is 2.39. The summed E-state index contributed by atoms with van der Waals surface area (Å²) in [5, 5.41) is 8.50. The van der Waals surface area contributed by atoms with Gasteiger partial charge in [-0.3, -0.25) is 4.79 Å². The maximum absolute atomic E-state index is 10.3. The highest BCUT2D eigenvalue weighted by molar-refractivity contribution is 5.66. The van der Waals surface area contributed by atoms with Gasteiger partial charge in [0.25, 0.3) is 0 Å². The third kappa shape index (κ3) is 19.8. The molecule has 0 aliphatic heterocycles. The van der Waals surface area contributed by atoms with Gasteiger partial charge in [0.2, 0.25) is 0 Å². The summed E-state index contributed by atoms with van der Waals surface area (Å²) in [4.78, 5) is 10.3. The molecule has 0 atom stereocenters. The minimum Gasteiger partial charge on any atom is -0.481 e. The topological polar surface area (TPSA) is 73.8 Å². The van der Waals surface area contributed by atoms with Gasteiger partial charge in [-0.15, -0.1) is 0 Å². The number of rotatable bonds is 15. The fraction of sp³-hybridized carbons (Fsp3) is 0.941. The van der Waals surface area contributed by atoms with Gasteiger partial charge in [0.15, 0.2) is 0 Å². The summed E-state index contributed by atoms with van der Waals surface area (Å²) in [7, 11) is 0. The molecule has 0 amide bonds. The normalized spacial score (nSPS) is 10.2. The molecule has 0 aromatic heterocycles. The van der Waals surface area contributed by atoms with Crippen molar-refractivity contribution in [3.63, 3.8) is 0 Å². The number of carboxylic acid groups (broad SMARTS) is 1. The summed E-state index contributed by atoms with van der Waals surface area (Å²) in [5.41, 5.74) is 0. The lowest BCUT2D eigenvalue weighted by Gasteiger charge is -2.02. The molecule has 0 radical (unpaired) electrons. The molecule has 0 fully saturated rings. The van der Waals surface area contributed by atoms with Crippen LogP contribution in [0.15, 0.2) is 0 Å². The van der Waals surface area contributed by atoms with E-state index in [9.17, 15) is 4.79 Å². The Balaban J connectivity index is 0. The molecule has 3 heteroatoms. The van der Waals surface area contributed by atoms with Gasteiger partial charge in [-0.05, 0) is 6.42 Å². The summed E-state index contributed by atoms with van der Waals surface area (Å²) >= 11 is 0. The summed E-state index contributed by atoms with van der Waals surface area (Å²) in [6.45, 7) is 2.27. The minimum absolute atomic E-state index is 0. The van der Waals surface area contributed by atoms with E-state index in [4.69, 9.17) is 5.11 Å². The first-order valence-corrected chi connectivity index (χ1v) is 8.49. The SMILES string of the molecule is CCCCCCCCCCCCCCCCC(=O)O.[NH4+]. The van der Waals surface area contributed by atoms with E-state index in [1.165, 1.54) is 77.0 Å². The Morgan fingerprint density at radius 3 is 1.25 bits per heavy atom. The summed E-state index contributed by atoms with van der Waals surface area (Å²) < 4.78 is 0. The smallest absolute Gasteiger partial charge is 0.303 e. The summed E-state index contributed by atoms with van der Waals surface area (Å²) in [6, 6.07) is 0. The van der Waals surface area contributed by atoms with E-state index >= 15 is 0 Å². The molecule has 122 valence electrons. The van der Waals surface area contributed by atoms with Crippen LogP contribution in [0.3, 0.4) is 0 Å². The van der Waals surface area contributed by atoms with Crippen LogP contribution in [0.2, 0.25) is 0 Å². The number of carboxylic acids is 1. The Bertz CT molecular complexity index is 195. The third-order valence-electron chi connectivity index (χ3n) is 3.74. The van der Waals surface area contributed by atoms with Crippen LogP contribution in [0.4, 0.5) is 0 Å². The van der Waals surface area contributed by atoms with E-state index in [-0.39, 0.29) is 6.15 Å². The van der Waals surface area contributed by atoms with Crippen LogP contribution in [0.5, 0.6) is 0 Å². The molecule has 0 bridgehead atoms. The molecule has 0 saturated heterocycles. The van der Waals surface area contributed by atoms with Crippen LogP contribution in [0, 0.1) is 0 Å². The second-order valence-electron chi connectivity index (χ2n) is 5.74. The molecule has 0 aliphatic carbocycles. The molecule has 20 heavy (non-hydrogen) atoms. The maximum atomic E-state index is 10.3. The van der Waals surface area contributed by atoms with E-state index in [1.54, 1.807) is 0 Å². The van der Waals surface area contributed by atoms with Gasteiger partial charge < -0.3 is 11.3 Å². The Morgan fingerprint density at radius 2 is 0.950 bits per heavy atom. The van der Waals surface area contributed by atoms with Crippen molar-refractivity contribution in [3.05, 3.63) is 0 Å². The molecular weight excluding hydrogens is 250 g/mol. The highest BCUT2D eigenvalue weighted by Crippen LogP contribution is 2.13. The van der Waals surface area contributed by atoms with Crippen molar-refractivity contribution in [3.8, 4) is 0 Å². The number of hydrogen-bond acceptors (Lipinski definition) is 1. The zero-order valence-electron chi connectivity index (χ0n) is 14.0. The standard InChI is InChI=1S/C17H34O2.H3N/c1-2-3-4-5-6-7-8-9-10-11-12-13-14-15-16-17(18)19;/h2-16H2,1H3,(H,18,19);1H3/p+1. The third-order valence-corrected chi connectivity index (χ3v) is 3.74. The summed E-state index contributed by atoms with van der Waals surface area (Å²) in [6.07, 6.45) is 18.7. The monoisotopic (exact) mass is 288 g/mol. The van der Waals surface area contributed by atoms with Crippen LogP contribution in [-0.2, 0) is 4.79 Å². The fourth-order valence-corrected chi connectivity index (χ4v) is 2.47. The molecule has 0 aliphatic rings. The lowest BCUT2D eigenvalue weighted by atomic mass is 10.0. The van der Waals surface area contributed by atoms with Crippen molar-refractivity contribution in [2.24, 2.45) is 0 Å². The van der Waals surface area contributed by atoms with E-state index in [0.717, 1.165) is 12.8 Å². The molecule has 0 rings (SSSR count). The molecule has 5 N–H and O–H groups in total. The number of carbonyl (C=O) groups is 1. The minimum atomic E-state index is -0.654. The highest BCUT2D eigenvalue weighted by atomic mass is 16.4. The Labute approximate surface area is 126 Å². The van der Waals surface area contributed by atoms with E-state index < -0.39 is 5.97 Å². The molecule has 3 nitrogen and oxygen atoms in total. The van der Waals surface area contributed by atoms with Gasteiger partial charge in [0.05, 0.1) is 0 Å². The number of quaternary nitrogens is 1. The van der Waals surface area contributed by atoms with Crippen molar-refractivity contribution >= 4 is 5.97 Å². The van der Waals surface area contributed by atoms with Gasteiger partial charge in [0.1, 0.15) is 0 Å². The van der Waals surface area contributed by atoms with Crippen LogP contribution in [-0.4, -0.2) is 11.1 Å². The van der Waals surface area contributed by atoms with Crippen LogP contribution in [0.25, 0.3) is 0 Å². The zero-order chi connectivity index (χ0) is 14.2. The number of unbranched alkanes of at least 4 members (excludes halogenated alkanes) is 13. The van der Waals surface area contributed by atoms with Crippen molar-refractivity contribution in [2.45, 2.75) is 103 Å². The quantitative estimate of drug-likeness (QED) is 0.346. The lowest BCUT2D eigenvalue weighted by molar-refractivity contribution is -0.137. The van der Waals surface area contributed by atoms with Crippen molar-refractivity contribution in [1.29, 1.82) is 0 Å². The number of aliphatic carboxylic acids is 1. The fourth-order valence-electron chi connectivity index (χ4n) is 2.47. The first-order chi connectivity index (χ1) is 9.27. The van der Waals surface area contributed by atoms with E-state index in [1.807, 2.05) is 0 Å². The van der Waals surface area contributed by atoms with E-state index in [2.05, 4.69) is 6.92 Å². The highest BCUT2D eigenvalue weighted by Gasteiger charge is 1.96. The van der Waals surface area contributed by atoms with Gasteiger partial charge in [-0.2, -0.15) is 0 Å². The van der Waals surface area contributed by atoms with Gasteiger partial charge in [0, 0.05) is 6.42 Å². The molecule has 0 saturated carbocycles. The number of hydrogen-bond donors (Lipinski definition) is 2. The average molecular weight is 288 g/mol. The molecule has 0 aromatic carbocycles. The second kappa shape index (κ2) is 18.4. The molecular formula is C17H38NO2+. The molecule has 0 heterocycles. The first-order valence-electron chi connectivity index (χ1n) is 8.49. The Morgan fingerprint density at radius 1 is 0.650 bits per heavy atom. The summed E-state index contributed by atoms with van der Waals surface area (Å²) in [5.74, 6) is -0.654. The molecule has 0 unspecified atom stereocenters. The predicted molar refractivity (Wildman–Crippen MR) is 88.5 cm³/mol. The Hall–Kier alpha value is -0.570. The molecule has 0 aromatic rings. The predicted octanol–water partition coefficient (Wildman–Crippen LogP) is 6.32. The van der Waals surface area contributed by atoms with Crippen LogP contribution in [0.1, 0.15) is 103 Å². The van der Waals surface area contributed by atoms with E-state index in [0.29, 0.717) is 6.42 Å². The molecule has 0 spiro atoms. The van der Waals surface area contributed by atoms with Crippen molar-refractivity contribution in [2.75, 3.05) is 0 Å². The van der Waals surface area contributed by atoms with Crippen LogP contribution < -0.4 is 6.15 Å². The van der Waals surface area contributed by atoms with Crippen molar-refractivity contribution < 1.29 is 9.90 Å². The van der Waals surface area contributed by atoms with Gasteiger partial charge in [-0.25, -0.2) is 0 Å². The van der Waals surface area contributed by atoms with Gasteiger partial charge >= 0.3 is 5.97 Å². The van der Waals surface area contributed by atoms with Crippen molar-refractivity contribution in [1.82, 2.24) is 6.15 Å². The first kappa shape index (κ1) is 21.7. The maximum Gasteiger partial charge on any atom is 0.303 e. The second-order valence-corrected chi connectivity index (χ2v) is 5.74. The van der Waals surface area contributed by atoms with Gasteiger partial charge in [-0.1, -0.05) is 90.4 Å². The zero-order valence-corrected chi connectivity index (χ0v) is 14.0. The Kier molecular flexibility index (Phi) is 20.0.